The molecule has 3 aromatic carbocycles. The van der Waals surface area contributed by atoms with Crippen LogP contribution < -0.4 is 14.2 Å². The van der Waals surface area contributed by atoms with E-state index in [1.165, 1.54) is 0 Å². The lowest BCUT2D eigenvalue weighted by Gasteiger charge is -2.20. The van der Waals surface area contributed by atoms with Crippen molar-refractivity contribution in [3.05, 3.63) is 126 Å². The van der Waals surface area contributed by atoms with Gasteiger partial charge in [-0.25, -0.2) is 14.4 Å². The third-order valence-corrected chi connectivity index (χ3v) is 7.62. The summed E-state index contributed by atoms with van der Waals surface area (Å²) in [6, 6.07) is 23.4. The summed E-state index contributed by atoms with van der Waals surface area (Å²) in [5.74, 6) is 0.281. The smallest absolute Gasteiger partial charge is 0.335 e. The summed E-state index contributed by atoms with van der Waals surface area (Å²) in [6.07, 6.45) is -2.18. The molecule has 3 unspecified atom stereocenters. The van der Waals surface area contributed by atoms with Crippen LogP contribution in [0.4, 0.5) is 0 Å². The maximum absolute atomic E-state index is 11.7. The number of hydrogen-bond acceptors (Lipinski definition) is 12. The van der Waals surface area contributed by atoms with Crippen LogP contribution in [0.25, 0.3) is 0 Å². The van der Waals surface area contributed by atoms with Crippen molar-refractivity contribution in [1.82, 2.24) is 0 Å². The van der Waals surface area contributed by atoms with Gasteiger partial charge in [0.05, 0.1) is 19.8 Å². The van der Waals surface area contributed by atoms with E-state index in [1.54, 1.807) is 41.5 Å². The van der Waals surface area contributed by atoms with E-state index in [1.807, 2.05) is 72.8 Å². The van der Waals surface area contributed by atoms with Crippen molar-refractivity contribution in [1.29, 1.82) is 0 Å². The summed E-state index contributed by atoms with van der Waals surface area (Å²) in [5, 5.41) is 0. The van der Waals surface area contributed by atoms with Crippen molar-refractivity contribution in [2.75, 3.05) is 39.6 Å². The molecule has 0 bridgehead atoms. The highest BCUT2D eigenvalue weighted by atomic mass is 16.7. The first-order chi connectivity index (χ1) is 26.2. The lowest BCUT2D eigenvalue weighted by atomic mass is 9.85. The number of hydrogen-bond donors (Lipinski definition) is 0. The fourth-order valence-corrected chi connectivity index (χ4v) is 4.82. The molecule has 0 spiro atoms. The minimum Gasteiger partial charge on any atom is -0.491 e. The Hall–Kier alpha value is -5.43. The first-order valence-corrected chi connectivity index (χ1v) is 17.9. The second-order valence-electron chi connectivity index (χ2n) is 12.6. The van der Waals surface area contributed by atoms with Gasteiger partial charge >= 0.3 is 17.9 Å². The highest BCUT2D eigenvalue weighted by Crippen LogP contribution is 2.34. The fourth-order valence-electron chi connectivity index (χ4n) is 4.82. The van der Waals surface area contributed by atoms with Gasteiger partial charge in [-0.05, 0) is 94.6 Å². The van der Waals surface area contributed by atoms with Gasteiger partial charge < -0.3 is 42.6 Å². The third-order valence-electron chi connectivity index (χ3n) is 7.62. The van der Waals surface area contributed by atoms with Gasteiger partial charge in [0.25, 0.3) is 0 Å². The van der Waals surface area contributed by atoms with E-state index >= 15 is 0 Å². The molecule has 0 aliphatic heterocycles. The SMILES string of the molecule is C=C(C)C(=O)OC(C)OCCOc1ccc(C(c2ccc(OCCOC(C)OC(=O)C(=C)C)cc2)c2ccc(OCCOC(C)OC(=O)C(=C)C)cc2)cc1. The molecule has 55 heavy (non-hydrogen) atoms. The van der Waals surface area contributed by atoms with Crippen LogP contribution in [-0.2, 0) is 42.8 Å². The van der Waals surface area contributed by atoms with Gasteiger partial charge in [-0.2, -0.15) is 0 Å². The summed E-state index contributed by atoms with van der Waals surface area (Å²) in [7, 11) is 0. The van der Waals surface area contributed by atoms with Crippen molar-refractivity contribution in [3.63, 3.8) is 0 Å². The molecule has 3 aromatic rings. The Morgan fingerprint density at radius 3 is 0.891 bits per heavy atom. The predicted octanol–water partition coefficient (Wildman–Crippen LogP) is 7.45. The minimum absolute atomic E-state index is 0.149. The lowest BCUT2D eigenvalue weighted by molar-refractivity contribution is -0.172. The predicted molar refractivity (Wildman–Crippen MR) is 206 cm³/mol. The van der Waals surface area contributed by atoms with Crippen LogP contribution in [0.2, 0.25) is 0 Å². The zero-order valence-corrected chi connectivity index (χ0v) is 32.5. The van der Waals surface area contributed by atoms with Gasteiger partial charge in [0.1, 0.15) is 37.1 Å². The molecule has 0 heterocycles. The van der Waals surface area contributed by atoms with E-state index in [4.69, 9.17) is 42.6 Å². The maximum Gasteiger partial charge on any atom is 0.335 e. The zero-order chi connectivity index (χ0) is 40.3. The van der Waals surface area contributed by atoms with Crippen LogP contribution in [0.15, 0.2) is 109 Å². The van der Waals surface area contributed by atoms with Crippen molar-refractivity contribution >= 4 is 17.9 Å². The summed E-state index contributed by atoms with van der Waals surface area (Å²) in [6.45, 7) is 21.8. The van der Waals surface area contributed by atoms with Crippen molar-refractivity contribution in [3.8, 4) is 17.2 Å². The molecule has 0 N–H and O–H groups in total. The molecule has 0 saturated heterocycles. The zero-order valence-electron chi connectivity index (χ0n) is 32.5. The van der Waals surface area contributed by atoms with E-state index in [0.29, 0.717) is 34.0 Å². The second kappa shape index (κ2) is 22.7. The molecule has 0 saturated carbocycles. The molecule has 0 aliphatic carbocycles. The fraction of sp³-hybridized carbons (Fsp3) is 0.372. The van der Waals surface area contributed by atoms with Gasteiger partial charge in [-0.15, -0.1) is 0 Å². The van der Waals surface area contributed by atoms with Crippen molar-refractivity contribution < 1.29 is 57.0 Å². The molecule has 0 aromatic heterocycles. The summed E-state index contributed by atoms with van der Waals surface area (Å²) in [5.41, 5.74) is 3.95. The molecule has 0 aliphatic rings. The lowest BCUT2D eigenvalue weighted by Crippen LogP contribution is -2.21. The summed E-state index contributed by atoms with van der Waals surface area (Å²) < 4.78 is 49.6. The van der Waals surface area contributed by atoms with E-state index in [2.05, 4.69) is 19.7 Å². The highest BCUT2D eigenvalue weighted by Gasteiger charge is 2.18. The average molecular weight is 761 g/mol. The van der Waals surface area contributed by atoms with E-state index in [-0.39, 0.29) is 45.6 Å². The van der Waals surface area contributed by atoms with Crippen LogP contribution in [0, 0.1) is 0 Å². The molecule has 0 radical (unpaired) electrons. The number of esters is 3. The summed E-state index contributed by atoms with van der Waals surface area (Å²) in [4.78, 5) is 35.0. The van der Waals surface area contributed by atoms with E-state index in [9.17, 15) is 14.4 Å². The number of rotatable bonds is 24. The number of ether oxygens (including phenoxy) is 9. The standard InChI is InChI=1S/C43H52O12/c1-28(2)41(44)53-31(7)47-22-25-50-37-16-10-34(11-17-37)40(35-12-18-38(19-13-35)51-26-23-48-32(8)54-42(45)29(3)4)36-14-20-39(21-15-36)52-27-24-49-33(9)55-43(46)30(5)6/h10-21,31-33,40H,1,3,5,22-27H2,2,4,6-9H3. The third kappa shape index (κ3) is 15.8. The van der Waals surface area contributed by atoms with Gasteiger partial charge in [-0.3, -0.25) is 0 Å². The molecular formula is C43H52O12. The van der Waals surface area contributed by atoms with Gasteiger partial charge in [0, 0.05) is 22.6 Å². The Labute approximate surface area is 323 Å². The Morgan fingerprint density at radius 1 is 0.436 bits per heavy atom. The topological polar surface area (TPSA) is 134 Å². The molecule has 12 heteroatoms. The largest absolute Gasteiger partial charge is 0.491 e. The quantitative estimate of drug-likeness (QED) is 0.0224. The average Bonchev–Trinajstić information content (AvgIpc) is 3.15. The highest BCUT2D eigenvalue weighted by molar-refractivity contribution is 5.87. The maximum atomic E-state index is 11.7. The molecule has 12 nitrogen and oxygen atoms in total. The van der Waals surface area contributed by atoms with Crippen LogP contribution in [0.3, 0.4) is 0 Å². The molecular weight excluding hydrogens is 708 g/mol. The molecule has 0 amide bonds. The molecule has 3 rings (SSSR count). The Bertz CT molecular complexity index is 1510. The van der Waals surface area contributed by atoms with Crippen LogP contribution in [0.1, 0.15) is 64.2 Å². The number of benzene rings is 3. The Balaban J connectivity index is 1.66. The molecule has 296 valence electrons. The Kier molecular flexibility index (Phi) is 18.2. The van der Waals surface area contributed by atoms with E-state index < -0.39 is 36.8 Å². The minimum atomic E-state index is -0.727. The monoisotopic (exact) mass is 760 g/mol. The Morgan fingerprint density at radius 2 is 0.673 bits per heavy atom. The number of carbonyl (C=O) groups is 3. The molecule has 3 atom stereocenters. The van der Waals surface area contributed by atoms with Gasteiger partial charge in [0.15, 0.2) is 0 Å². The number of carbonyl (C=O) groups excluding carboxylic acids is 3. The van der Waals surface area contributed by atoms with Crippen LogP contribution >= 0.6 is 0 Å². The van der Waals surface area contributed by atoms with E-state index in [0.717, 1.165) is 16.7 Å². The van der Waals surface area contributed by atoms with Gasteiger partial charge in [0.2, 0.25) is 18.9 Å². The van der Waals surface area contributed by atoms with Crippen molar-refractivity contribution in [2.24, 2.45) is 0 Å². The van der Waals surface area contributed by atoms with Crippen LogP contribution in [-0.4, -0.2) is 76.4 Å². The van der Waals surface area contributed by atoms with Crippen LogP contribution in [0.5, 0.6) is 17.2 Å². The summed E-state index contributed by atoms with van der Waals surface area (Å²) >= 11 is 0. The van der Waals surface area contributed by atoms with Crippen molar-refractivity contribution in [2.45, 2.75) is 66.3 Å². The molecule has 0 fully saturated rings. The first kappa shape index (κ1) is 44.0. The second-order valence-corrected chi connectivity index (χ2v) is 12.6. The van der Waals surface area contributed by atoms with Gasteiger partial charge in [-0.1, -0.05) is 56.1 Å². The normalized spacial score (nSPS) is 13.0. The first-order valence-electron chi connectivity index (χ1n) is 17.9.